The van der Waals surface area contributed by atoms with Crippen LogP contribution in [0, 0.1) is 5.92 Å². The minimum Gasteiger partial charge on any atom is -0.421 e. The van der Waals surface area contributed by atoms with Crippen molar-refractivity contribution in [2.45, 2.75) is 45.2 Å². The van der Waals surface area contributed by atoms with E-state index in [2.05, 4.69) is 20.8 Å². The molecule has 25 heavy (non-hydrogen) atoms. The average Bonchev–Trinajstić information content (AvgIpc) is 3.10. The van der Waals surface area contributed by atoms with Crippen molar-refractivity contribution in [2.24, 2.45) is 17.4 Å². The lowest BCUT2D eigenvalue weighted by atomic mass is 10.1. The molecule has 1 aromatic rings. The van der Waals surface area contributed by atoms with Gasteiger partial charge in [-0.3, -0.25) is 0 Å². The van der Waals surface area contributed by atoms with Crippen LogP contribution in [0.2, 0.25) is 0 Å². The fraction of sp³-hybridized carbons (Fsp3) is 0.812. The molecular formula is C16H31N7O2. The normalized spacial score (nSPS) is 17.6. The number of hydrogen-bond donors (Lipinski definition) is 4. The van der Waals surface area contributed by atoms with Crippen LogP contribution in [-0.2, 0) is 0 Å². The fourth-order valence-corrected chi connectivity index (χ4v) is 2.67. The Morgan fingerprint density at radius 2 is 1.96 bits per heavy atom. The highest BCUT2D eigenvalue weighted by Crippen LogP contribution is 2.23. The number of carbonyl (C=O) groups is 1. The summed E-state index contributed by atoms with van der Waals surface area (Å²) >= 11 is 0. The van der Waals surface area contributed by atoms with E-state index in [-0.39, 0.29) is 24.0 Å². The summed E-state index contributed by atoms with van der Waals surface area (Å²) in [5.41, 5.74) is 11.7. The Hall–Kier alpha value is -1.71. The van der Waals surface area contributed by atoms with Gasteiger partial charge in [0.1, 0.15) is 6.04 Å². The van der Waals surface area contributed by atoms with Gasteiger partial charge in [-0.05, 0) is 31.7 Å². The molecule has 1 saturated heterocycles. The Labute approximate surface area is 148 Å². The molecule has 0 saturated carbocycles. The van der Waals surface area contributed by atoms with E-state index in [0.29, 0.717) is 37.8 Å². The number of hydrogen-bond acceptors (Lipinski definition) is 7. The van der Waals surface area contributed by atoms with Gasteiger partial charge in [-0.15, -0.1) is 10.2 Å². The van der Waals surface area contributed by atoms with E-state index >= 15 is 0 Å². The highest BCUT2D eigenvalue weighted by Gasteiger charge is 2.26. The van der Waals surface area contributed by atoms with Gasteiger partial charge in [-0.1, -0.05) is 13.8 Å². The van der Waals surface area contributed by atoms with E-state index in [0.717, 1.165) is 25.9 Å². The molecule has 2 atom stereocenters. The Balaban J connectivity index is 2.05. The third-order valence-electron chi connectivity index (χ3n) is 4.41. The maximum absolute atomic E-state index is 12.5. The van der Waals surface area contributed by atoms with Crippen molar-refractivity contribution in [3.8, 4) is 0 Å². The van der Waals surface area contributed by atoms with Gasteiger partial charge in [0, 0.05) is 26.2 Å². The fourth-order valence-electron chi connectivity index (χ4n) is 2.67. The summed E-state index contributed by atoms with van der Waals surface area (Å²) in [4.78, 5) is 14.3. The van der Waals surface area contributed by atoms with Gasteiger partial charge in [0.05, 0.1) is 6.04 Å². The zero-order valence-electron chi connectivity index (χ0n) is 15.2. The number of aromatic nitrogens is 2. The predicted molar refractivity (Wildman–Crippen MR) is 94.7 cm³/mol. The largest absolute Gasteiger partial charge is 0.421 e. The maximum atomic E-state index is 12.5. The van der Waals surface area contributed by atoms with E-state index in [9.17, 15) is 4.79 Å². The van der Waals surface area contributed by atoms with Gasteiger partial charge < -0.3 is 31.4 Å². The summed E-state index contributed by atoms with van der Waals surface area (Å²) < 4.78 is 5.76. The molecular weight excluding hydrogens is 322 g/mol. The summed E-state index contributed by atoms with van der Waals surface area (Å²) in [6, 6.07) is -0.739. The van der Waals surface area contributed by atoms with Crippen LogP contribution in [0.25, 0.3) is 0 Å². The number of unbranched alkanes of at least 4 members (excludes halogenated alkanes) is 1. The third kappa shape index (κ3) is 5.65. The van der Waals surface area contributed by atoms with Gasteiger partial charge in [0.25, 0.3) is 0 Å². The quantitative estimate of drug-likeness (QED) is 0.500. The number of nitrogens with two attached hydrogens (primary N) is 2. The number of amides is 2. The average molecular weight is 353 g/mol. The first-order valence-electron chi connectivity index (χ1n) is 9.08. The predicted octanol–water partition coefficient (Wildman–Crippen LogP) is 0.510. The van der Waals surface area contributed by atoms with Crippen molar-refractivity contribution in [3.05, 3.63) is 11.8 Å². The molecule has 0 bridgehead atoms. The van der Waals surface area contributed by atoms with Crippen LogP contribution in [0.15, 0.2) is 4.42 Å². The van der Waals surface area contributed by atoms with Crippen molar-refractivity contribution < 1.29 is 9.21 Å². The summed E-state index contributed by atoms with van der Waals surface area (Å²) in [5.74, 6) is 1.01. The van der Waals surface area contributed by atoms with Gasteiger partial charge in [-0.2, -0.15) is 0 Å². The maximum Gasteiger partial charge on any atom is 0.318 e. The Bertz CT molecular complexity index is 528. The third-order valence-corrected chi connectivity index (χ3v) is 4.41. The molecule has 0 spiro atoms. The van der Waals surface area contributed by atoms with Gasteiger partial charge in [0.15, 0.2) is 0 Å². The van der Waals surface area contributed by atoms with Crippen molar-refractivity contribution in [2.75, 3.05) is 32.7 Å². The molecule has 1 aliphatic heterocycles. The number of nitrogens with zero attached hydrogens (tertiary/aromatic N) is 3. The topological polar surface area (TPSA) is 135 Å². The first-order chi connectivity index (χ1) is 12.0. The van der Waals surface area contributed by atoms with E-state index in [1.807, 2.05) is 13.8 Å². The van der Waals surface area contributed by atoms with Crippen LogP contribution in [0.4, 0.5) is 4.79 Å². The molecule has 0 unspecified atom stereocenters. The number of urea groups is 1. The van der Waals surface area contributed by atoms with E-state index in [4.69, 9.17) is 15.9 Å². The van der Waals surface area contributed by atoms with Gasteiger partial charge >= 0.3 is 6.03 Å². The van der Waals surface area contributed by atoms with Crippen LogP contribution < -0.4 is 22.1 Å². The van der Waals surface area contributed by atoms with Crippen LogP contribution in [-0.4, -0.2) is 53.9 Å². The van der Waals surface area contributed by atoms with Crippen molar-refractivity contribution in [3.63, 3.8) is 0 Å². The van der Waals surface area contributed by atoms with Crippen LogP contribution >= 0.6 is 0 Å². The molecule has 2 amide bonds. The SMILES string of the molecule is CC(C)[C@H](N)c1nnc([C@H](CCCCN)NC(=O)N2CCNCC2)o1. The van der Waals surface area contributed by atoms with E-state index < -0.39 is 0 Å². The number of piperazine rings is 1. The molecule has 9 nitrogen and oxygen atoms in total. The number of rotatable bonds is 8. The number of carbonyl (C=O) groups excluding carboxylic acids is 1. The lowest BCUT2D eigenvalue weighted by molar-refractivity contribution is 0.182. The van der Waals surface area contributed by atoms with Gasteiger partial charge in [0.2, 0.25) is 11.8 Å². The molecule has 2 rings (SSSR count). The molecule has 1 fully saturated rings. The lowest BCUT2D eigenvalue weighted by Gasteiger charge is -2.29. The highest BCUT2D eigenvalue weighted by atomic mass is 16.4. The van der Waals surface area contributed by atoms with Crippen LogP contribution in [0.1, 0.15) is 57.0 Å². The molecule has 1 aromatic heterocycles. The molecule has 2 heterocycles. The zero-order valence-corrected chi connectivity index (χ0v) is 15.2. The Kier molecular flexibility index (Phi) is 7.60. The standard InChI is InChI=1S/C16H31N7O2/c1-11(2)13(18)15-22-21-14(25-15)12(5-3-4-6-17)20-16(24)23-9-7-19-8-10-23/h11-13,19H,3-10,17-18H2,1-2H3,(H,20,24)/t12-,13-/m0/s1. The number of nitrogens with one attached hydrogen (secondary N) is 2. The summed E-state index contributed by atoms with van der Waals surface area (Å²) in [7, 11) is 0. The molecule has 6 N–H and O–H groups in total. The summed E-state index contributed by atoms with van der Waals surface area (Å²) in [6.07, 6.45) is 2.46. The monoisotopic (exact) mass is 353 g/mol. The van der Waals surface area contributed by atoms with Crippen LogP contribution in [0.3, 0.4) is 0 Å². The summed E-state index contributed by atoms with van der Waals surface area (Å²) in [6.45, 7) is 7.60. The summed E-state index contributed by atoms with van der Waals surface area (Å²) in [5, 5.41) is 14.4. The minimum absolute atomic E-state index is 0.104. The Morgan fingerprint density at radius 1 is 1.28 bits per heavy atom. The second kappa shape index (κ2) is 9.69. The van der Waals surface area contributed by atoms with E-state index in [1.165, 1.54) is 0 Å². The molecule has 0 aliphatic carbocycles. The Morgan fingerprint density at radius 3 is 2.60 bits per heavy atom. The van der Waals surface area contributed by atoms with Crippen molar-refractivity contribution >= 4 is 6.03 Å². The minimum atomic E-state index is -0.324. The molecule has 142 valence electrons. The highest BCUT2D eigenvalue weighted by molar-refractivity contribution is 5.74. The molecule has 0 radical (unpaired) electrons. The van der Waals surface area contributed by atoms with Crippen molar-refractivity contribution in [1.29, 1.82) is 0 Å². The lowest BCUT2D eigenvalue weighted by Crippen LogP contribution is -2.50. The van der Waals surface area contributed by atoms with Crippen LogP contribution in [0.5, 0.6) is 0 Å². The molecule has 9 heteroatoms. The second-order valence-electron chi connectivity index (χ2n) is 6.77. The molecule has 0 aromatic carbocycles. The molecule has 1 aliphatic rings. The zero-order chi connectivity index (χ0) is 18.2. The van der Waals surface area contributed by atoms with Gasteiger partial charge in [-0.25, -0.2) is 4.79 Å². The first kappa shape index (κ1) is 19.6. The van der Waals surface area contributed by atoms with E-state index in [1.54, 1.807) is 4.90 Å². The first-order valence-corrected chi connectivity index (χ1v) is 9.08. The van der Waals surface area contributed by atoms with Crippen molar-refractivity contribution in [1.82, 2.24) is 25.7 Å². The smallest absolute Gasteiger partial charge is 0.318 e. The second-order valence-corrected chi connectivity index (χ2v) is 6.77.